The normalized spacial score (nSPS) is 13.7. The Bertz CT molecular complexity index is 6300. The first-order chi connectivity index (χ1) is 69.3. The van der Waals surface area contributed by atoms with Crippen LogP contribution in [-0.4, -0.2) is 156 Å². The highest BCUT2D eigenvalue weighted by Crippen LogP contribution is 2.39. The first-order valence-electron chi connectivity index (χ1n) is 50.4. The van der Waals surface area contributed by atoms with Crippen molar-refractivity contribution in [2.45, 2.75) is 234 Å². The van der Waals surface area contributed by atoms with Crippen LogP contribution in [0.1, 0.15) is 211 Å². The van der Waals surface area contributed by atoms with Crippen LogP contribution in [-0.2, 0) is 121 Å². The lowest BCUT2D eigenvalue weighted by Gasteiger charge is -2.31. The van der Waals surface area contributed by atoms with Gasteiger partial charge in [0.15, 0.2) is 57.5 Å². The average molecular weight is 2050 g/mol. The monoisotopic (exact) mass is 2050 g/mol. The Hall–Kier alpha value is -12.4. The van der Waals surface area contributed by atoms with Gasteiger partial charge >= 0.3 is 0 Å². The molecule has 0 fully saturated rings. The Morgan fingerprint density at radius 1 is 0.250 bits per heavy atom. The lowest BCUT2D eigenvalue weighted by Crippen LogP contribution is -2.35. The molecule has 11 N–H and O–H groups in total. The number of phenolic OH excluding ortho intramolecular Hbond substituents is 11. The summed E-state index contributed by atoms with van der Waals surface area (Å²) in [5.41, 5.74) is 27.2. The number of phenols is 11. The minimum atomic E-state index is -0.0690. The second-order valence-electron chi connectivity index (χ2n) is 38.9. The molecule has 0 aromatic heterocycles. The summed E-state index contributed by atoms with van der Waals surface area (Å²) >= 11 is 34.3. The molecule has 0 spiro atoms. The summed E-state index contributed by atoms with van der Waals surface area (Å²) in [4.78, 5) is 30.4. The average Bonchev–Trinajstić information content (AvgIpc) is 0.913. The number of aromatic hydroxyl groups is 11. The van der Waals surface area contributed by atoms with E-state index < -0.39 is 0 Å². The molecule has 1 amide bonds. The molecular formula is C120H137ClN6O12S5. The molecule has 12 aromatic rings. The molecule has 0 unspecified atom stereocenters. The third kappa shape index (κ3) is 32.6. The molecule has 0 saturated heterocycles. The lowest BCUT2D eigenvalue weighted by molar-refractivity contribution is -0.131. The number of benzene rings is 12. The first-order valence-corrected chi connectivity index (χ1v) is 52.9. The third-order valence-electron chi connectivity index (χ3n) is 27.8. The van der Waals surface area contributed by atoms with E-state index in [-0.39, 0.29) is 63.4 Å². The molecule has 0 radical (unpaired) electrons. The number of hydrogen-bond donors (Lipinski definition) is 11. The predicted octanol–water partition coefficient (Wildman–Crippen LogP) is 24.9. The Balaban J connectivity index is 0.000000145. The molecule has 756 valence electrons. The summed E-state index contributed by atoms with van der Waals surface area (Å²) in [6, 6.07) is 73.2. The van der Waals surface area contributed by atoms with Crippen molar-refractivity contribution in [3.05, 3.63) is 357 Å². The fourth-order valence-electron chi connectivity index (χ4n) is 19.0. The standard InChI is InChI=1S/C21H25NO2S.C21H25NO2.C20H22ClNO2S.2C20H23NO2S.C18H19NO2S/c1-15-6-8-16(9-7-15)4-2-3-5-21(25)22-11-10-17-12-19(23)20(24)13-18(17)14-22;1-16-7-9-17(10-8-16)4-2-6-21(24)22-13-3-5-18-14-20(23)12-11-19(18)15-22;1-13-5-6-14(17(21)9-13)3-2-4-20(25)22-8-7-15-10-18(23)19(24)11-16(15)12-22;2*1-14-5-7-15(8-6-14)3-2-4-20(24)21-10-9-16-11-18(22)19(23)12-17(16)13-21;20-16-10-14-8-9-19(12-15(14)11-17(16)21)18(22)7-6-13-4-2-1-3-5-13/h6-9,12-13,23-24H,2-5,10-11,14H2,1H3;7-12,14,23H,2-6,13,15H2,1H3;5-6,9-11,23-24H,2-4,7-8,12H2,1H3;2*5-8,11-12,22-23H,2-4,9-10,13H2,1H3;1-5,10-11,20-21H,6-9,12H2. The van der Waals surface area contributed by atoms with Gasteiger partial charge in [0, 0.05) is 96.4 Å². The molecule has 6 heterocycles. The van der Waals surface area contributed by atoms with Crippen LogP contribution in [0.4, 0.5) is 0 Å². The van der Waals surface area contributed by atoms with Crippen LogP contribution in [0.15, 0.2) is 224 Å². The van der Waals surface area contributed by atoms with E-state index in [2.05, 4.69) is 174 Å². The maximum Gasteiger partial charge on any atom is 0.222 e. The van der Waals surface area contributed by atoms with Crippen molar-refractivity contribution in [3.63, 3.8) is 0 Å². The van der Waals surface area contributed by atoms with Crippen molar-refractivity contribution < 1.29 is 61.0 Å². The Morgan fingerprint density at radius 2 is 0.528 bits per heavy atom. The number of thiocarbonyl (C=S) groups is 5. The molecule has 0 saturated carbocycles. The fraction of sp³-hybridized carbons (Fsp3) is 0.350. The van der Waals surface area contributed by atoms with Gasteiger partial charge in [0.2, 0.25) is 5.91 Å². The zero-order chi connectivity index (χ0) is 102. The highest BCUT2D eigenvalue weighted by atomic mass is 35.5. The summed E-state index contributed by atoms with van der Waals surface area (Å²) in [6.07, 6.45) is 23.3. The molecule has 0 aliphatic carbocycles. The summed E-state index contributed by atoms with van der Waals surface area (Å²) in [7, 11) is 0. The number of carbonyl (C=O) groups excluding carboxylic acids is 1. The number of halogens is 1. The van der Waals surface area contributed by atoms with Crippen molar-refractivity contribution in [2.24, 2.45) is 0 Å². The van der Waals surface area contributed by atoms with E-state index in [4.69, 9.17) is 72.7 Å². The molecule has 0 atom stereocenters. The van der Waals surface area contributed by atoms with E-state index in [9.17, 15) is 61.0 Å². The van der Waals surface area contributed by atoms with Gasteiger partial charge in [-0.05, 0) is 367 Å². The largest absolute Gasteiger partial charge is 0.508 e. The zero-order valence-corrected chi connectivity index (χ0v) is 88.3. The van der Waals surface area contributed by atoms with E-state index in [1.807, 2.05) is 48.2 Å². The van der Waals surface area contributed by atoms with Crippen molar-refractivity contribution in [1.29, 1.82) is 0 Å². The number of carbonyl (C=O) groups is 1. The molecule has 24 heteroatoms. The van der Waals surface area contributed by atoms with Gasteiger partial charge in [-0.15, -0.1) is 0 Å². The van der Waals surface area contributed by atoms with E-state index in [0.717, 1.165) is 291 Å². The number of aryl methyl sites for hydroxylation is 12. The molecule has 18 nitrogen and oxygen atoms in total. The van der Waals surface area contributed by atoms with Gasteiger partial charge in [0.1, 0.15) is 5.75 Å². The number of hydrogen-bond acceptors (Lipinski definition) is 17. The lowest BCUT2D eigenvalue weighted by atomic mass is 9.98. The van der Waals surface area contributed by atoms with Crippen LogP contribution >= 0.6 is 72.7 Å². The topological polar surface area (TPSA) is 259 Å². The van der Waals surface area contributed by atoms with Gasteiger partial charge in [-0.3, -0.25) is 4.79 Å². The molecule has 0 bridgehead atoms. The second kappa shape index (κ2) is 53.5. The van der Waals surface area contributed by atoms with Crippen LogP contribution in [0.2, 0.25) is 5.02 Å². The van der Waals surface area contributed by atoms with Gasteiger partial charge in [-0.2, -0.15) is 0 Å². The van der Waals surface area contributed by atoms with Crippen molar-refractivity contribution >= 4 is 104 Å². The van der Waals surface area contributed by atoms with Crippen LogP contribution < -0.4 is 0 Å². The van der Waals surface area contributed by atoms with Gasteiger partial charge in [-0.25, -0.2) is 0 Å². The van der Waals surface area contributed by atoms with E-state index >= 15 is 0 Å². The second-order valence-corrected chi connectivity index (χ2v) is 41.7. The van der Waals surface area contributed by atoms with Gasteiger partial charge < -0.3 is 85.6 Å². The quantitative estimate of drug-likeness (QED) is 0.0153. The Morgan fingerprint density at radius 3 is 0.868 bits per heavy atom. The number of fused-ring (bicyclic) bond motifs is 6. The van der Waals surface area contributed by atoms with Crippen molar-refractivity contribution in [3.8, 4) is 63.2 Å². The Labute approximate surface area is 881 Å². The molecule has 12 aromatic carbocycles. The summed E-state index contributed by atoms with van der Waals surface area (Å²) < 4.78 is 0. The molecular weight excluding hydrogens is 1910 g/mol. The number of rotatable bonds is 24. The summed E-state index contributed by atoms with van der Waals surface area (Å²) in [5, 5.41) is 107. The first kappa shape index (κ1) is 109. The summed E-state index contributed by atoms with van der Waals surface area (Å²) in [6.45, 7) is 19.8. The van der Waals surface area contributed by atoms with Crippen molar-refractivity contribution in [1.82, 2.24) is 29.4 Å². The smallest absolute Gasteiger partial charge is 0.222 e. The molecule has 144 heavy (non-hydrogen) atoms. The van der Waals surface area contributed by atoms with Crippen LogP contribution in [0.3, 0.4) is 0 Å². The zero-order valence-electron chi connectivity index (χ0n) is 83.5. The van der Waals surface area contributed by atoms with Crippen LogP contribution in [0, 0.1) is 34.6 Å². The van der Waals surface area contributed by atoms with E-state index in [0.29, 0.717) is 44.9 Å². The molecule has 18 rings (SSSR count). The predicted molar refractivity (Wildman–Crippen MR) is 599 cm³/mol. The highest BCUT2D eigenvalue weighted by Gasteiger charge is 2.28. The maximum absolute atomic E-state index is 12.5. The van der Waals surface area contributed by atoms with Crippen LogP contribution in [0.5, 0.6) is 63.2 Å². The minimum Gasteiger partial charge on any atom is -0.508 e. The van der Waals surface area contributed by atoms with Gasteiger partial charge in [0.05, 0.1) is 24.9 Å². The number of amides is 1. The number of nitrogens with zero attached hydrogens (tertiary/aromatic N) is 6. The minimum absolute atomic E-state index is 0.0362. The molecule has 6 aliphatic rings. The highest BCUT2D eigenvalue weighted by molar-refractivity contribution is 7.81. The fourth-order valence-corrected chi connectivity index (χ4v) is 20.8. The Kier molecular flexibility index (Phi) is 40.4. The van der Waals surface area contributed by atoms with Crippen LogP contribution in [0.25, 0.3) is 0 Å². The summed E-state index contributed by atoms with van der Waals surface area (Å²) in [5.74, 6) is 0.0534. The molecule has 6 aliphatic heterocycles. The van der Waals surface area contributed by atoms with Gasteiger partial charge in [-0.1, -0.05) is 241 Å². The third-order valence-corrected chi connectivity index (χ3v) is 30.4. The van der Waals surface area contributed by atoms with Crippen molar-refractivity contribution in [2.75, 3.05) is 39.3 Å². The number of unbranched alkanes of at least 4 members (excludes halogenated alkanes) is 1. The van der Waals surface area contributed by atoms with E-state index in [1.165, 1.54) is 66.8 Å². The maximum atomic E-state index is 12.5. The van der Waals surface area contributed by atoms with Gasteiger partial charge in [0.25, 0.3) is 0 Å². The van der Waals surface area contributed by atoms with E-state index in [1.54, 1.807) is 66.7 Å². The SMILES string of the molecule is Cc1ccc(CCCC(=O)N2CCCc3cc(O)ccc3C2)cc1.Cc1ccc(CCCC(=S)N2CCc3cc(O)c(O)cc3C2)c(Cl)c1.Cc1ccc(CCCC(=S)N2CCc3cc(O)c(O)cc3C2)cc1.Cc1ccc(CCCC(=S)N2CCc3cc(O)c(O)cc3C2)cc1.Cc1ccc(CCCCC(=S)N2CCc3cc(O)c(O)cc3C2)cc1.Oc1cc2c(cc1O)CN(C(=S)CCc1ccccc1)CC2.